The van der Waals surface area contributed by atoms with Gasteiger partial charge < -0.3 is 9.80 Å². The average Bonchev–Trinajstić information content (AvgIpc) is 2.26. The van der Waals surface area contributed by atoms with Crippen LogP contribution in [0.25, 0.3) is 0 Å². The van der Waals surface area contributed by atoms with Crippen LogP contribution in [0.2, 0.25) is 0 Å². The summed E-state index contributed by atoms with van der Waals surface area (Å²) < 4.78 is 0. The van der Waals surface area contributed by atoms with Crippen molar-refractivity contribution in [3.05, 3.63) is 0 Å². The van der Waals surface area contributed by atoms with Crippen LogP contribution in [0.15, 0.2) is 0 Å². The second-order valence-electron chi connectivity index (χ2n) is 4.26. The number of hydrogen-bond donors (Lipinski definition) is 0. The molecule has 1 aliphatic heterocycles. The van der Waals surface area contributed by atoms with Crippen LogP contribution < -0.4 is 0 Å². The summed E-state index contributed by atoms with van der Waals surface area (Å²) in [5.41, 5.74) is 0. The van der Waals surface area contributed by atoms with Gasteiger partial charge in [0.05, 0.1) is 0 Å². The number of nitrogens with zero attached hydrogens (tertiary/aromatic N) is 2. The minimum absolute atomic E-state index is 0.250. The van der Waals surface area contributed by atoms with E-state index in [9.17, 15) is 4.79 Å². The van der Waals surface area contributed by atoms with Gasteiger partial charge in [-0.2, -0.15) is 0 Å². The third-order valence-electron chi connectivity index (χ3n) is 3.06. The fourth-order valence-electron chi connectivity index (χ4n) is 2.07. The number of carbonyl (C=O) groups excluding carboxylic acids is 1. The van der Waals surface area contributed by atoms with E-state index in [1.807, 2.05) is 9.80 Å². The van der Waals surface area contributed by atoms with E-state index >= 15 is 0 Å². The number of hydrogen-bond acceptors (Lipinski definition) is 1. The summed E-state index contributed by atoms with van der Waals surface area (Å²) in [5.74, 6) is 0. The van der Waals surface area contributed by atoms with Gasteiger partial charge in [-0.05, 0) is 19.8 Å². The highest BCUT2D eigenvalue weighted by Gasteiger charge is 2.23. The molecule has 1 aliphatic rings. The highest BCUT2D eigenvalue weighted by atomic mass is 16.2. The van der Waals surface area contributed by atoms with Crippen LogP contribution >= 0.6 is 0 Å². The van der Waals surface area contributed by atoms with Gasteiger partial charge in [0.1, 0.15) is 0 Å². The van der Waals surface area contributed by atoms with Crippen molar-refractivity contribution < 1.29 is 4.79 Å². The molecular weight excluding hydrogens is 188 g/mol. The van der Waals surface area contributed by atoms with E-state index in [4.69, 9.17) is 0 Å². The molecule has 0 radical (unpaired) electrons. The van der Waals surface area contributed by atoms with E-state index in [-0.39, 0.29) is 6.03 Å². The first-order chi connectivity index (χ1) is 7.29. The molecular formula is C12H24N2O. The monoisotopic (exact) mass is 212 g/mol. The lowest BCUT2D eigenvalue weighted by atomic mass is 10.2. The topological polar surface area (TPSA) is 23.6 Å². The molecule has 0 aromatic heterocycles. The summed E-state index contributed by atoms with van der Waals surface area (Å²) in [6, 6.07) is 0.250. The molecule has 0 spiro atoms. The fraction of sp³-hybridized carbons (Fsp3) is 0.917. The zero-order valence-electron chi connectivity index (χ0n) is 10.2. The second-order valence-corrected chi connectivity index (χ2v) is 4.26. The van der Waals surface area contributed by atoms with Crippen LogP contribution in [0.4, 0.5) is 4.79 Å². The molecule has 0 bridgehead atoms. The molecule has 1 fully saturated rings. The van der Waals surface area contributed by atoms with E-state index in [0.717, 1.165) is 39.0 Å². The fourth-order valence-corrected chi connectivity index (χ4v) is 2.07. The Kier molecular flexibility index (Phi) is 5.51. The molecule has 88 valence electrons. The Bertz CT molecular complexity index is 194. The normalized spacial score (nSPS) is 17.3. The summed E-state index contributed by atoms with van der Waals surface area (Å²) in [6.07, 6.45) is 6.10. The van der Waals surface area contributed by atoms with Gasteiger partial charge >= 0.3 is 6.03 Å². The number of urea groups is 1. The smallest absolute Gasteiger partial charge is 0.319 e. The Labute approximate surface area is 93.4 Å². The highest BCUT2D eigenvalue weighted by molar-refractivity contribution is 5.75. The molecule has 2 amide bonds. The molecule has 0 aliphatic carbocycles. The lowest BCUT2D eigenvalue weighted by molar-refractivity contribution is 0.131. The van der Waals surface area contributed by atoms with Crippen LogP contribution in [0, 0.1) is 0 Å². The van der Waals surface area contributed by atoms with Crippen molar-refractivity contribution in [2.75, 3.05) is 26.2 Å². The van der Waals surface area contributed by atoms with Crippen LogP contribution in [0.1, 0.15) is 46.0 Å². The maximum absolute atomic E-state index is 11.9. The Balaban J connectivity index is 2.24. The number of carbonyl (C=O) groups is 1. The maximum atomic E-state index is 11.9. The Morgan fingerprint density at radius 2 is 1.80 bits per heavy atom. The summed E-state index contributed by atoms with van der Waals surface area (Å²) in [6.45, 7) is 7.98. The maximum Gasteiger partial charge on any atom is 0.319 e. The Morgan fingerprint density at radius 3 is 2.47 bits per heavy atom. The standard InChI is InChI=1S/C12H24N2O/c1-3-5-6-7-9-14-11-8-10-13(4-2)12(14)15/h3-11H2,1-2H3. The minimum Gasteiger partial charge on any atom is -0.325 e. The summed E-state index contributed by atoms with van der Waals surface area (Å²) in [7, 11) is 0. The summed E-state index contributed by atoms with van der Waals surface area (Å²) >= 11 is 0. The van der Waals surface area contributed by atoms with Crippen LogP contribution in [0.3, 0.4) is 0 Å². The Hall–Kier alpha value is -0.730. The van der Waals surface area contributed by atoms with Crippen LogP contribution in [0.5, 0.6) is 0 Å². The first kappa shape index (κ1) is 12.3. The first-order valence-electron chi connectivity index (χ1n) is 6.33. The summed E-state index contributed by atoms with van der Waals surface area (Å²) in [4.78, 5) is 15.8. The predicted octanol–water partition coefficient (Wildman–Crippen LogP) is 2.71. The summed E-state index contributed by atoms with van der Waals surface area (Å²) in [5, 5.41) is 0. The van der Waals surface area contributed by atoms with Gasteiger partial charge in [0.15, 0.2) is 0 Å². The van der Waals surface area contributed by atoms with E-state index in [1.165, 1.54) is 19.3 Å². The molecule has 0 saturated carbocycles. The molecule has 1 rings (SSSR count). The van der Waals surface area contributed by atoms with Crippen molar-refractivity contribution in [3.8, 4) is 0 Å². The van der Waals surface area contributed by atoms with E-state index in [1.54, 1.807) is 0 Å². The molecule has 3 nitrogen and oxygen atoms in total. The van der Waals surface area contributed by atoms with Crippen molar-refractivity contribution in [2.45, 2.75) is 46.0 Å². The van der Waals surface area contributed by atoms with Gasteiger partial charge in [-0.3, -0.25) is 0 Å². The quantitative estimate of drug-likeness (QED) is 0.621. The van der Waals surface area contributed by atoms with Gasteiger partial charge in [0.2, 0.25) is 0 Å². The second kappa shape index (κ2) is 6.70. The van der Waals surface area contributed by atoms with E-state index in [0.29, 0.717) is 0 Å². The van der Waals surface area contributed by atoms with Crippen molar-refractivity contribution >= 4 is 6.03 Å². The molecule has 0 unspecified atom stereocenters. The molecule has 1 heterocycles. The van der Waals surface area contributed by atoms with Crippen molar-refractivity contribution in [3.63, 3.8) is 0 Å². The van der Waals surface area contributed by atoms with Crippen molar-refractivity contribution in [1.82, 2.24) is 9.80 Å². The van der Waals surface area contributed by atoms with Gasteiger partial charge in [-0.25, -0.2) is 4.79 Å². The third kappa shape index (κ3) is 3.73. The first-order valence-corrected chi connectivity index (χ1v) is 6.33. The molecule has 0 N–H and O–H groups in total. The molecule has 1 saturated heterocycles. The largest absolute Gasteiger partial charge is 0.325 e. The average molecular weight is 212 g/mol. The van der Waals surface area contributed by atoms with Crippen LogP contribution in [-0.4, -0.2) is 42.0 Å². The van der Waals surface area contributed by atoms with Gasteiger partial charge in [0.25, 0.3) is 0 Å². The number of rotatable bonds is 6. The van der Waals surface area contributed by atoms with Crippen LogP contribution in [-0.2, 0) is 0 Å². The Morgan fingerprint density at radius 1 is 1.07 bits per heavy atom. The molecule has 0 aromatic rings. The van der Waals surface area contributed by atoms with Gasteiger partial charge in [0, 0.05) is 26.2 Å². The van der Waals surface area contributed by atoms with E-state index < -0.39 is 0 Å². The number of amides is 2. The molecule has 15 heavy (non-hydrogen) atoms. The highest BCUT2D eigenvalue weighted by Crippen LogP contribution is 2.10. The predicted molar refractivity (Wildman–Crippen MR) is 63.0 cm³/mol. The van der Waals surface area contributed by atoms with E-state index in [2.05, 4.69) is 13.8 Å². The molecule has 3 heteroatoms. The van der Waals surface area contributed by atoms with Crippen molar-refractivity contribution in [1.29, 1.82) is 0 Å². The zero-order chi connectivity index (χ0) is 11.1. The molecule has 0 aromatic carbocycles. The van der Waals surface area contributed by atoms with Gasteiger partial charge in [-0.15, -0.1) is 0 Å². The van der Waals surface area contributed by atoms with Crippen molar-refractivity contribution in [2.24, 2.45) is 0 Å². The van der Waals surface area contributed by atoms with Gasteiger partial charge in [-0.1, -0.05) is 26.2 Å². The lowest BCUT2D eigenvalue weighted by Gasteiger charge is -2.35. The SMILES string of the molecule is CCCCCCN1CCCN(CC)C1=O. The molecule has 0 atom stereocenters. The zero-order valence-corrected chi connectivity index (χ0v) is 10.2. The third-order valence-corrected chi connectivity index (χ3v) is 3.06. The number of unbranched alkanes of at least 4 members (excludes halogenated alkanes) is 3. The minimum atomic E-state index is 0.250. The lowest BCUT2D eigenvalue weighted by Crippen LogP contribution is -2.49.